The number of cyclic esters (lactones) is 1. The van der Waals surface area contributed by atoms with Gasteiger partial charge in [-0.3, -0.25) is 4.79 Å². The predicted octanol–water partition coefficient (Wildman–Crippen LogP) is 0.813. The van der Waals surface area contributed by atoms with Gasteiger partial charge in [0.15, 0.2) is 0 Å². The molecule has 0 saturated carbocycles. The van der Waals surface area contributed by atoms with Gasteiger partial charge in [-0.15, -0.1) is 0 Å². The highest BCUT2D eigenvalue weighted by atomic mass is 16.5. The standard InChI is InChI=1S/C9H12O4/c1-7(10)12-5-2-3-8-4-6-13-9(8)11/h3H,2,4-6H2,1H3/b8-3+. The fraction of sp³-hybridized carbons (Fsp3) is 0.556. The lowest BCUT2D eigenvalue weighted by Gasteiger charge is -1.97. The molecule has 0 spiro atoms. The molecule has 0 aromatic heterocycles. The van der Waals surface area contributed by atoms with Crippen LogP contribution in [0.2, 0.25) is 0 Å². The molecule has 0 N–H and O–H groups in total. The maximum absolute atomic E-state index is 10.9. The van der Waals surface area contributed by atoms with Crippen LogP contribution >= 0.6 is 0 Å². The van der Waals surface area contributed by atoms with Gasteiger partial charge in [-0.2, -0.15) is 0 Å². The zero-order chi connectivity index (χ0) is 9.68. The lowest BCUT2D eigenvalue weighted by atomic mass is 10.2. The fourth-order valence-electron chi connectivity index (χ4n) is 1.07. The molecular formula is C9H12O4. The SMILES string of the molecule is CC(=O)OCC/C=C1\CCOC1=O. The molecule has 1 saturated heterocycles. The predicted molar refractivity (Wildman–Crippen MR) is 44.9 cm³/mol. The van der Waals surface area contributed by atoms with Gasteiger partial charge in [-0.1, -0.05) is 6.08 Å². The van der Waals surface area contributed by atoms with Gasteiger partial charge in [0, 0.05) is 25.3 Å². The number of hydrogen-bond donors (Lipinski definition) is 0. The van der Waals surface area contributed by atoms with Crippen LogP contribution in [0.4, 0.5) is 0 Å². The van der Waals surface area contributed by atoms with E-state index in [1.807, 2.05) is 0 Å². The van der Waals surface area contributed by atoms with Crippen LogP contribution in [0.1, 0.15) is 19.8 Å². The maximum Gasteiger partial charge on any atom is 0.333 e. The Bertz CT molecular complexity index is 242. The maximum atomic E-state index is 10.9. The van der Waals surface area contributed by atoms with Crippen molar-refractivity contribution in [2.75, 3.05) is 13.2 Å². The van der Waals surface area contributed by atoms with E-state index in [0.717, 1.165) is 0 Å². The molecule has 1 aliphatic heterocycles. The van der Waals surface area contributed by atoms with Crippen LogP contribution in [0.25, 0.3) is 0 Å². The molecule has 13 heavy (non-hydrogen) atoms. The zero-order valence-electron chi connectivity index (χ0n) is 7.54. The summed E-state index contributed by atoms with van der Waals surface area (Å²) in [5.74, 6) is -0.546. The van der Waals surface area contributed by atoms with Gasteiger partial charge in [-0.25, -0.2) is 4.79 Å². The van der Waals surface area contributed by atoms with E-state index in [1.165, 1.54) is 6.92 Å². The Balaban J connectivity index is 2.23. The van der Waals surface area contributed by atoms with E-state index in [4.69, 9.17) is 9.47 Å². The van der Waals surface area contributed by atoms with Crippen molar-refractivity contribution in [1.82, 2.24) is 0 Å². The second-order valence-corrected chi connectivity index (χ2v) is 2.74. The van der Waals surface area contributed by atoms with Gasteiger partial charge >= 0.3 is 11.9 Å². The van der Waals surface area contributed by atoms with E-state index < -0.39 is 0 Å². The molecule has 0 aromatic rings. The van der Waals surface area contributed by atoms with Crippen molar-refractivity contribution >= 4 is 11.9 Å². The minimum absolute atomic E-state index is 0.247. The van der Waals surface area contributed by atoms with E-state index in [9.17, 15) is 9.59 Å². The summed E-state index contributed by atoms with van der Waals surface area (Å²) in [6.45, 7) is 2.15. The molecule has 0 amide bonds. The van der Waals surface area contributed by atoms with Crippen molar-refractivity contribution in [3.63, 3.8) is 0 Å². The molecule has 4 nitrogen and oxygen atoms in total. The summed E-state index contributed by atoms with van der Waals surface area (Å²) in [5, 5.41) is 0. The van der Waals surface area contributed by atoms with E-state index in [0.29, 0.717) is 31.6 Å². The summed E-state index contributed by atoms with van der Waals surface area (Å²) < 4.78 is 9.43. The molecule has 0 bridgehead atoms. The van der Waals surface area contributed by atoms with E-state index in [1.54, 1.807) is 6.08 Å². The van der Waals surface area contributed by atoms with Crippen molar-refractivity contribution < 1.29 is 19.1 Å². The number of carbonyl (C=O) groups is 2. The van der Waals surface area contributed by atoms with Gasteiger partial charge < -0.3 is 9.47 Å². The van der Waals surface area contributed by atoms with Crippen LogP contribution in [0.3, 0.4) is 0 Å². The van der Waals surface area contributed by atoms with Gasteiger partial charge in [0.25, 0.3) is 0 Å². The Labute approximate surface area is 76.5 Å². The van der Waals surface area contributed by atoms with Gasteiger partial charge in [0.05, 0.1) is 13.2 Å². The first-order chi connectivity index (χ1) is 6.20. The average molecular weight is 184 g/mol. The Morgan fingerprint density at radius 2 is 2.46 bits per heavy atom. The minimum Gasteiger partial charge on any atom is -0.466 e. The van der Waals surface area contributed by atoms with Crippen molar-refractivity contribution in [1.29, 1.82) is 0 Å². The van der Waals surface area contributed by atoms with Gasteiger partial charge in [0.2, 0.25) is 0 Å². The lowest BCUT2D eigenvalue weighted by molar-refractivity contribution is -0.140. The summed E-state index contributed by atoms with van der Waals surface area (Å²) in [6.07, 6.45) is 3.00. The molecule has 1 fully saturated rings. The second kappa shape index (κ2) is 4.64. The topological polar surface area (TPSA) is 52.6 Å². The third-order valence-corrected chi connectivity index (χ3v) is 1.68. The Kier molecular flexibility index (Phi) is 3.49. The number of hydrogen-bond acceptors (Lipinski definition) is 4. The highest BCUT2D eigenvalue weighted by molar-refractivity contribution is 5.90. The highest BCUT2D eigenvalue weighted by Crippen LogP contribution is 2.13. The van der Waals surface area contributed by atoms with Crippen LogP contribution in [-0.2, 0) is 19.1 Å². The van der Waals surface area contributed by atoms with Crippen LogP contribution in [-0.4, -0.2) is 25.2 Å². The van der Waals surface area contributed by atoms with Crippen molar-refractivity contribution in [2.45, 2.75) is 19.8 Å². The van der Waals surface area contributed by atoms with E-state index >= 15 is 0 Å². The lowest BCUT2D eigenvalue weighted by Crippen LogP contribution is -2.00. The van der Waals surface area contributed by atoms with Crippen LogP contribution in [0.5, 0.6) is 0 Å². The summed E-state index contributed by atoms with van der Waals surface area (Å²) in [5.41, 5.74) is 0.687. The van der Waals surface area contributed by atoms with Crippen LogP contribution in [0, 0.1) is 0 Å². The van der Waals surface area contributed by atoms with Crippen LogP contribution < -0.4 is 0 Å². The van der Waals surface area contributed by atoms with Crippen molar-refractivity contribution in [2.24, 2.45) is 0 Å². The Hall–Kier alpha value is -1.32. The Morgan fingerprint density at radius 1 is 1.69 bits per heavy atom. The zero-order valence-corrected chi connectivity index (χ0v) is 7.54. The first kappa shape index (κ1) is 9.77. The number of carbonyl (C=O) groups excluding carboxylic acids is 2. The first-order valence-electron chi connectivity index (χ1n) is 4.19. The van der Waals surface area contributed by atoms with Gasteiger partial charge in [-0.05, 0) is 0 Å². The highest BCUT2D eigenvalue weighted by Gasteiger charge is 2.17. The molecule has 0 aliphatic carbocycles. The summed E-state index contributed by atoms with van der Waals surface area (Å²) >= 11 is 0. The quantitative estimate of drug-likeness (QED) is 0.370. The molecular weight excluding hydrogens is 172 g/mol. The Morgan fingerprint density at radius 3 is 3.00 bits per heavy atom. The molecule has 0 aromatic carbocycles. The van der Waals surface area contributed by atoms with Crippen LogP contribution in [0.15, 0.2) is 11.6 Å². The largest absolute Gasteiger partial charge is 0.466 e. The summed E-state index contributed by atoms with van der Waals surface area (Å²) in [6, 6.07) is 0. The molecule has 1 heterocycles. The summed E-state index contributed by atoms with van der Waals surface area (Å²) in [4.78, 5) is 21.3. The second-order valence-electron chi connectivity index (χ2n) is 2.74. The normalized spacial score (nSPS) is 18.8. The third kappa shape index (κ3) is 3.27. The first-order valence-corrected chi connectivity index (χ1v) is 4.19. The van der Waals surface area contributed by atoms with E-state index in [2.05, 4.69) is 0 Å². The molecule has 0 radical (unpaired) electrons. The summed E-state index contributed by atoms with van der Waals surface area (Å²) in [7, 11) is 0. The molecule has 4 heteroatoms. The number of ether oxygens (including phenoxy) is 2. The molecule has 1 rings (SSSR count). The molecule has 0 unspecified atom stereocenters. The van der Waals surface area contributed by atoms with Crippen molar-refractivity contribution in [3.8, 4) is 0 Å². The average Bonchev–Trinajstić information content (AvgIpc) is 2.45. The molecule has 0 atom stereocenters. The van der Waals surface area contributed by atoms with Crippen molar-refractivity contribution in [3.05, 3.63) is 11.6 Å². The number of rotatable bonds is 3. The smallest absolute Gasteiger partial charge is 0.333 e. The number of esters is 2. The molecule has 72 valence electrons. The monoisotopic (exact) mass is 184 g/mol. The fourth-order valence-corrected chi connectivity index (χ4v) is 1.07. The third-order valence-electron chi connectivity index (χ3n) is 1.68. The van der Waals surface area contributed by atoms with E-state index in [-0.39, 0.29) is 11.9 Å². The van der Waals surface area contributed by atoms with Gasteiger partial charge in [0.1, 0.15) is 0 Å². The molecule has 1 aliphatic rings. The minimum atomic E-state index is -0.299.